The molecule has 0 atom stereocenters. The Hall–Kier alpha value is -1.000. The number of H-pyrrole nitrogens is 1. The molecule has 3 nitrogen and oxygen atoms in total. The number of benzene rings is 1. The number of aromatic amines is 1. The maximum absolute atomic E-state index is 5.90. The third kappa shape index (κ3) is 2.52. The van der Waals surface area contributed by atoms with Crippen LogP contribution in [0.25, 0.3) is 0 Å². The highest BCUT2D eigenvalue weighted by Gasteiger charge is 2.03. The van der Waals surface area contributed by atoms with E-state index in [0.29, 0.717) is 11.0 Å². The zero-order valence-electron chi connectivity index (χ0n) is 8.01. The lowest BCUT2D eigenvalue weighted by Crippen LogP contribution is -1.93. The van der Waals surface area contributed by atoms with Crippen LogP contribution in [0.1, 0.15) is 5.69 Å². The molecular weight excluding hydrogens is 277 g/mol. The maximum Gasteiger partial charge on any atom is 0.204 e. The second kappa shape index (κ2) is 4.24. The highest BCUT2D eigenvalue weighted by Crippen LogP contribution is 2.27. The average molecular weight is 287 g/mol. The molecule has 78 valence electrons. The van der Waals surface area contributed by atoms with E-state index in [1.54, 1.807) is 6.20 Å². The minimum Gasteiger partial charge on any atom is -0.328 e. The van der Waals surface area contributed by atoms with Crippen LogP contribution in [0.3, 0.4) is 0 Å². The second-order valence-corrected chi connectivity index (χ2v) is 4.45. The molecule has 15 heavy (non-hydrogen) atoms. The molecule has 1 aromatic carbocycles. The summed E-state index contributed by atoms with van der Waals surface area (Å²) in [6.07, 6.45) is 1.76. The summed E-state index contributed by atoms with van der Waals surface area (Å²) >= 11 is 9.33. The lowest BCUT2D eigenvalue weighted by atomic mass is 10.3. The third-order valence-corrected chi connectivity index (χ3v) is 2.81. The third-order valence-electron chi connectivity index (χ3n) is 1.88. The number of anilines is 2. The molecule has 1 aromatic heterocycles. The number of hydrogen-bond acceptors (Lipinski definition) is 2. The molecule has 0 aliphatic rings. The summed E-state index contributed by atoms with van der Waals surface area (Å²) in [5.41, 5.74) is 1.90. The molecule has 0 fully saturated rings. The largest absolute Gasteiger partial charge is 0.328 e. The van der Waals surface area contributed by atoms with Crippen molar-refractivity contribution in [2.75, 3.05) is 5.32 Å². The molecule has 2 N–H and O–H groups in total. The number of rotatable bonds is 2. The fourth-order valence-electron chi connectivity index (χ4n) is 1.20. The zero-order valence-corrected chi connectivity index (χ0v) is 10.4. The summed E-state index contributed by atoms with van der Waals surface area (Å²) < 4.78 is 0.945. The van der Waals surface area contributed by atoms with Crippen molar-refractivity contribution in [1.29, 1.82) is 0 Å². The molecule has 0 saturated heterocycles. The van der Waals surface area contributed by atoms with Gasteiger partial charge in [0.25, 0.3) is 0 Å². The number of nitrogens with one attached hydrogen (secondary N) is 2. The average Bonchev–Trinajstić information content (AvgIpc) is 2.58. The second-order valence-electron chi connectivity index (χ2n) is 3.16. The summed E-state index contributed by atoms with van der Waals surface area (Å²) in [5, 5.41) is 3.82. The maximum atomic E-state index is 5.90. The van der Waals surface area contributed by atoms with Crippen molar-refractivity contribution in [3.8, 4) is 0 Å². The van der Waals surface area contributed by atoms with Gasteiger partial charge in [-0.15, -0.1) is 0 Å². The van der Waals surface area contributed by atoms with E-state index in [1.807, 2.05) is 25.1 Å². The van der Waals surface area contributed by atoms with E-state index in [-0.39, 0.29) is 0 Å². The minimum atomic E-state index is 0.684. The molecule has 0 aliphatic heterocycles. The Labute approximate surface area is 101 Å². The van der Waals surface area contributed by atoms with Gasteiger partial charge in [0.2, 0.25) is 5.95 Å². The van der Waals surface area contributed by atoms with Gasteiger partial charge in [0.05, 0.1) is 5.69 Å². The predicted molar refractivity (Wildman–Crippen MR) is 65.8 cm³/mol. The summed E-state index contributed by atoms with van der Waals surface area (Å²) in [6.45, 7) is 1.95. The van der Waals surface area contributed by atoms with Gasteiger partial charge in [-0.05, 0) is 41.1 Å². The Morgan fingerprint density at radius 1 is 1.47 bits per heavy atom. The SMILES string of the molecule is Cc1cnc(Nc2cc(Cl)ccc2Br)[nH]1. The molecule has 1 heterocycles. The lowest BCUT2D eigenvalue weighted by Gasteiger charge is -2.05. The van der Waals surface area contributed by atoms with Crippen molar-refractivity contribution < 1.29 is 0 Å². The minimum absolute atomic E-state index is 0.684. The first-order valence-corrected chi connectivity index (χ1v) is 5.56. The van der Waals surface area contributed by atoms with Crippen LogP contribution in [0, 0.1) is 6.92 Å². The van der Waals surface area contributed by atoms with Crippen molar-refractivity contribution in [2.24, 2.45) is 0 Å². The molecule has 2 aromatic rings. The monoisotopic (exact) mass is 285 g/mol. The van der Waals surface area contributed by atoms with Crippen LogP contribution >= 0.6 is 27.5 Å². The van der Waals surface area contributed by atoms with Crippen LogP contribution in [-0.2, 0) is 0 Å². The van der Waals surface area contributed by atoms with Crippen molar-refractivity contribution in [3.05, 3.63) is 39.6 Å². The molecule has 0 amide bonds. The first kappa shape index (κ1) is 10.5. The Morgan fingerprint density at radius 3 is 2.93 bits per heavy atom. The quantitative estimate of drug-likeness (QED) is 0.879. The first-order valence-electron chi connectivity index (χ1n) is 4.39. The van der Waals surface area contributed by atoms with E-state index in [1.165, 1.54) is 0 Å². The van der Waals surface area contributed by atoms with E-state index in [4.69, 9.17) is 11.6 Å². The van der Waals surface area contributed by atoms with Crippen molar-refractivity contribution >= 4 is 39.2 Å². The van der Waals surface area contributed by atoms with Gasteiger partial charge in [-0.1, -0.05) is 11.6 Å². The Balaban J connectivity index is 2.27. The van der Waals surface area contributed by atoms with E-state index < -0.39 is 0 Å². The van der Waals surface area contributed by atoms with Crippen LogP contribution in [0.15, 0.2) is 28.9 Å². The van der Waals surface area contributed by atoms with Crippen LogP contribution in [0.2, 0.25) is 5.02 Å². The van der Waals surface area contributed by atoms with E-state index >= 15 is 0 Å². The van der Waals surface area contributed by atoms with Crippen molar-refractivity contribution in [3.63, 3.8) is 0 Å². The van der Waals surface area contributed by atoms with E-state index in [0.717, 1.165) is 15.9 Å². The summed E-state index contributed by atoms with van der Waals surface area (Å²) in [4.78, 5) is 7.24. The van der Waals surface area contributed by atoms with E-state index in [2.05, 4.69) is 31.2 Å². The highest BCUT2D eigenvalue weighted by molar-refractivity contribution is 9.10. The van der Waals surface area contributed by atoms with Gasteiger partial charge in [-0.3, -0.25) is 0 Å². The predicted octanol–water partition coefficient (Wildman–Crippen LogP) is 3.88. The summed E-state index contributed by atoms with van der Waals surface area (Å²) in [6, 6.07) is 5.55. The number of halogens is 2. The van der Waals surface area contributed by atoms with Crippen LogP contribution < -0.4 is 5.32 Å². The number of imidazole rings is 1. The topological polar surface area (TPSA) is 40.7 Å². The van der Waals surface area contributed by atoms with Crippen LogP contribution in [0.5, 0.6) is 0 Å². The van der Waals surface area contributed by atoms with Crippen molar-refractivity contribution in [1.82, 2.24) is 9.97 Å². The normalized spacial score (nSPS) is 10.3. The fourth-order valence-corrected chi connectivity index (χ4v) is 1.71. The van der Waals surface area contributed by atoms with Crippen molar-refractivity contribution in [2.45, 2.75) is 6.92 Å². The van der Waals surface area contributed by atoms with Gasteiger partial charge in [0.1, 0.15) is 0 Å². The van der Waals surface area contributed by atoms with E-state index in [9.17, 15) is 0 Å². The molecule has 2 rings (SSSR count). The standard InChI is InChI=1S/C10H9BrClN3/c1-6-5-13-10(14-6)15-9-4-7(12)2-3-8(9)11/h2-5H,1H3,(H2,13,14,15). The van der Waals surface area contributed by atoms with Gasteiger partial charge in [0, 0.05) is 21.4 Å². The highest BCUT2D eigenvalue weighted by atomic mass is 79.9. The molecule has 5 heteroatoms. The van der Waals surface area contributed by atoms with Crippen LogP contribution in [0.4, 0.5) is 11.6 Å². The Bertz CT molecular complexity index is 481. The Kier molecular flexibility index (Phi) is 2.98. The summed E-state index contributed by atoms with van der Waals surface area (Å²) in [7, 11) is 0. The van der Waals surface area contributed by atoms with Gasteiger partial charge in [-0.2, -0.15) is 0 Å². The van der Waals surface area contributed by atoms with Gasteiger partial charge in [0.15, 0.2) is 0 Å². The molecule has 0 radical (unpaired) electrons. The molecule has 0 unspecified atom stereocenters. The molecule has 0 spiro atoms. The first-order chi connectivity index (χ1) is 7.15. The zero-order chi connectivity index (χ0) is 10.8. The molecular formula is C10H9BrClN3. The molecule has 0 bridgehead atoms. The smallest absolute Gasteiger partial charge is 0.204 e. The number of aromatic nitrogens is 2. The number of aryl methyl sites for hydroxylation is 1. The Morgan fingerprint density at radius 2 is 2.27 bits per heavy atom. The van der Waals surface area contributed by atoms with Gasteiger partial charge >= 0.3 is 0 Å². The number of nitrogens with zero attached hydrogens (tertiary/aromatic N) is 1. The molecule has 0 saturated carbocycles. The lowest BCUT2D eigenvalue weighted by molar-refractivity contribution is 1.24. The van der Waals surface area contributed by atoms with Gasteiger partial charge < -0.3 is 10.3 Å². The summed E-state index contributed by atoms with van der Waals surface area (Å²) in [5.74, 6) is 0.704. The van der Waals surface area contributed by atoms with Crippen LogP contribution in [-0.4, -0.2) is 9.97 Å². The fraction of sp³-hybridized carbons (Fsp3) is 0.100. The number of hydrogen-bond donors (Lipinski definition) is 2. The molecule has 0 aliphatic carbocycles. The van der Waals surface area contributed by atoms with Gasteiger partial charge in [-0.25, -0.2) is 4.98 Å².